The Morgan fingerprint density at radius 1 is 1.25 bits per heavy atom. The van der Waals surface area contributed by atoms with Crippen LogP contribution < -0.4 is 5.32 Å². The summed E-state index contributed by atoms with van der Waals surface area (Å²) in [5, 5.41) is 2.73. The van der Waals surface area contributed by atoms with Crippen LogP contribution in [0.5, 0.6) is 0 Å². The van der Waals surface area contributed by atoms with Gasteiger partial charge in [-0.2, -0.15) is 0 Å². The summed E-state index contributed by atoms with van der Waals surface area (Å²) in [6.07, 6.45) is 4.77. The molecule has 0 aliphatic carbocycles. The van der Waals surface area contributed by atoms with Gasteiger partial charge in [0.25, 0.3) is 0 Å². The first kappa shape index (κ1) is 19.5. The summed E-state index contributed by atoms with van der Waals surface area (Å²) in [7, 11) is 1.28. The summed E-state index contributed by atoms with van der Waals surface area (Å²) in [4.78, 5) is 23.1. The van der Waals surface area contributed by atoms with Crippen LogP contribution in [-0.2, 0) is 19.0 Å². The van der Waals surface area contributed by atoms with E-state index in [2.05, 4.69) is 16.0 Å². The van der Waals surface area contributed by atoms with Crippen LogP contribution in [-0.4, -0.2) is 38.0 Å². The number of carbonyl (C=O) groups is 2. The molecular weight excluding hydrogens is 310 g/mol. The molecule has 6 heteroatoms. The van der Waals surface area contributed by atoms with E-state index in [1.165, 1.54) is 7.11 Å². The number of alkyl carbamates (subject to hydrolysis) is 1. The molecule has 0 heterocycles. The third-order valence-corrected chi connectivity index (χ3v) is 2.90. The van der Waals surface area contributed by atoms with E-state index in [1.54, 1.807) is 45.0 Å². The van der Waals surface area contributed by atoms with Crippen LogP contribution in [0.25, 0.3) is 0 Å². The minimum atomic E-state index is -0.616. The maximum absolute atomic E-state index is 12.0. The van der Waals surface area contributed by atoms with Crippen molar-refractivity contribution in [1.82, 2.24) is 5.32 Å². The lowest BCUT2D eigenvalue weighted by Crippen LogP contribution is -2.37. The highest BCUT2D eigenvalue weighted by Gasteiger charge is 2.21. The van der Waals surface area contributed by atoms with Crippen molar-refractivity contribution < 1.29 is 23.8 Å². The molecule has 1 amide bonds. The first-order chi connectivity index (χ1) is 11.2. The van der Waals surface area contributed by atoms with E-state index in [9.17, 15) is 9.59 Å². The summed E-state index contributed by atoms with van der Waals surface area (Å²) in [5.74, 6) is 2.03. The van der Waals surface area contributed by atoms with Crippen molar-refractivity contribution in [3.63, 3.8) is 0 Å². The van der Waals surface area contributed by atoms with Crippen LogP contribution in [0.2, 0.25) is 0 Å². The minimum Gasteiger partial charge on any atom is -0.467 e. The average Bonchev–Trinajstić information content (AvgIpc) is 2.52. The van der Waals surface area contributed by atoms with Crippen molar-refractivity contribution in [3.8, 4) is 12.3 Å². The Morgan fingerprint density at radius 3 is 2.38 bits per heavy atom. The van der Waals surface area contributed by atoms with Crippen molar-refractivity contribution in [1.29, 1.82) is 0 Å². The van der Waals surface area contributed by atoms with Crippen LogP contribution >= 0.6 is 0 Å². The van der Waals surface area contributed by atoms with Crippen molar-refractivity contribution in [2.24, 2.45) is 0 Å². The molecule has 1 N–H and O–H groups in total. The van der Waals surface area contributed by atoms with Gasteiger partial charge in [0.1, 0.15) is 12.2 Å². The highest BCUT2D eigenvalue weighted by molar-refractivity contribution is 5.70. The number of hydrogen-bond donors (Lipinski definition) is 1. The summed E-state index contributed by atoms with van der Waals surface area (Å²) in [6, 6.07) is 6.62. The smallest absolute Gasteiger partial charge is 0.408 e. The molecule has 0 aliphatic rings. The fourth-order valence-corrected chi connectivity index (χ4v) is 1.80. The molecule has 0 aromatic heterocycles. The van der Waals surface area contributed by atoms with Gasteiger partial charge in [0.05, 0.1) is 19.8 Å². The maximum Gasteiger partial charge on any atom is 0.408 e. The predicted molar refractivity (Wildman–Crippen MR) is 89.3 cm³/mol. The molecule has 0 fully saturated rings. The van der Waals surface area contributed by atoms with E-state index in [0.717, 1.165) is 11.1 Å². The van der Waals surface area contributed by atoms with E-state index in [0.29, 0.717) is 0 Å². The van der Waals surface area contributed by atoms with E-state index < -0.39 is 23.7 Å². The van der Waals surface area contributed by atoms with Gasteiger partial charge in [-0.25, -0.2) is 9.59 Å². The largest absolute Gasteiger partial charge is 0.467 e. The number of nitrogens with one attached hydrogen (secondary N) is 1. The highest BCUT2D eigenvalue weighted by Crippen LogP contribution is 2.16. The van der Waals surface area contributed by atoms with Crippen LogP contribution in [0.15, 0.2) is 24.3 Å². The molecule has 0 radical (unpaired) electrons. The number of ether oxygens (including phenoxy) is 3. The second-order valence-electron chi connectivity index (χ2n) is 6.06. The number of terminal acetylenes is 1. The van der Waals surface area contributed by atoms with Crippen LogP contribution in [0.1, 0.15) is 37.9 Å². The quantitative estimate of drug-likeness (QED) is 0.639. The van der Waals surface area contributed by atoms with E-state index >= 15 is 0 Å². The van der Waals surface area contributed by atoms with Crippen LogP contribution in [0.4, 0.5) is 4.79 Å². The first-order valence-corrected chi connectivity index (χ1v) is 7.46. The summed E-state index contributed by atoms with van der Waals surface area (Å²) < 4.78 is 15.1. The Balaban J connectivity index is 2.79. The average molecular weight is 333 g/mol. The Hall–Kier alpha value is -2.52. The number of benzene rings is 1. The van der Waals surface area contributed by atoms with E-state index in [4.69, 9.17) is 15.9 Å². The molecule has 1 atom stereocenters. The molecule has 1 aromatic rings. The number of methoxy groups -OCH3 is 1. The molecule has 1 unspecified atom stereocenters. The Labute approximate surface area is 142 Å². The number of amides is 1. The van der Waals surface area contributed by atoms with Gasteiger partial charge in [-0.3, -0.25) is 0 Å². The Bertz CT molecular complexity index is 595. The first-order valence-electron chi connectivity index (χ1n) is 7.46. The predicted octanol–water partition coefficient (Wildman–Crippen LogP) is 2.42. The highest BCUT2D eigenvalue weighted by atomic mass is 16.6. The third-order valence-electron chi connectivity index (χ3n) is 2.90. The van der Waals surface area contributed by atoms with Gasteiger partial charge >= 0.3 is 12.1 Å². The van der Waals surface area contributed by atoms with Crippen LogP contribution in [0, 0.1) is 12.3 Å². The number of carbonyl (C=O) groups excluding carboxylic acids is 2. The lowest BCUT2D eigenvalue weighted by molar-refractivity contribution is -0.146. The molecule has 24 heavy (non-hydrogen) atoms. The molecule has 0 saturated heterocycles. The standard InChI is InChI=1S/C18H23NO5/c1-6-13-7-9-14(10-8-13)15(11-23-12-16(20)22-5)19-17(21)24-18(2,3)4/h1,7-10,15H,11-12H2,2-5H3,(H,19,21). The second-order valence-corrected chi connectivity index (χ2v) is 6.06. The van der Waals surface area contributed by atoms with Gasteiger partial charge in [-0.05, 0) is 38.5 Å². The van der Waals surface area contributed by atoms with Gasteiger partial charge in [-0.15, -0.1) is 6.42 Å². The fourth-order valence-electron chi connectivity index (χ4n) is 1.80. The lowest BCUT2D eigenvalue weighted by Gasteiger charge is -2.24. The summed E-state index contributed by atoms with van der Waals surface area (Å²) in [5.41, 5.74) is 0.893. The Kier molecular flexibility index (Phi) is 7.28. The Morgan fingerprint density at radius 2 is 1.88 bits per heavy atom. The maximum atomic E-state index is 12.0. The van der Waals surface area contributed by atoms with Crippen molar-refractivity contribution in [2.45, 2.75) is 32.4 Å². The SMILES string of the molecule is C#Cc1ccc(C(COCC(=O)OC)NC(=O)OC(C)(C)C)cc1. The zero-order chi connectivity index (χ0) is 18.2. The molecular formula is C18H23NO5. The molecule has 6 nitrogen and oxygen atoms in total. The van der Waals surface area contributed by atoms with Gasteiger partial charge in [0, 0.05) is 5.56 Å². The molecule has 0 bridgehead atoms. The van der Waals surface area contributed by atoms with E-state index in [-0.39, 0.29) is 13.2 Å². The normalized spacial score (nSPS) is 12.0. The molecule has 1 aromatic carbocycles. The topological polar surface area (TPSA) is 73.9 Å². The summed E-state index contributed by atoms with van der Waals surface area (Å²) >= 11 is 0. The molecule has 1 rings (SSSR count). The fraction of sp³-hybridized carbons (Fsp3) is 0.444. The molecule has 0 aliphatic heterocycles. The summed E-state index contributed by atoms with van der Waals surface area (Å²) in [6.45, 7) is 5.21. The molecule has 0 saturated carbocycles. The van der Waals surface area contributed by atoms with Crippen molar-refractivity contribution in [2.75, 3.05) is 20.3 Å². The zero-order valence-corrected chi connectivity index (χ0v) is 14.4. The monoisotopic (exact) mass is 333 g/mol. The lowest BCUT2D eigenvalue weighted by atomic mass is 10.1. The number of rotatable bonds is 6. The van der Waals surface area contributed by atoms with Crippen molar-refractivity contribution >= 4 is 12.1 Å². The van der Waals surface area contributed by atoms with Gasteiger partial charge in [0.2, 0.25) is 0 Å². The zero-order valence-electron chi connectivity index (χ0n) is 14.4. The molecule has 0 spiro atoms. The van der Waals surface area contributed by atoms with Gasteiger partial charge < -0.3 is 19.5 Å². The molecule has 130 valence electrons. The van der Waals surface area contributed by atoms with Crippen LogP contribution in [0.3, 0.4) is 0 Å². The van der Waals surface area contributed by atoms with E-state index in [1.807, 2.05) is 0 Å². The van der Waals surface area contributed by atoms with Gasteiger partial charge in [0.15, 0.2) is 0 Å². The minimum absolute atomic E-state index is 0.0870. The number of hydrogen-bond acceptors (Lipinski definition) is 5. The third kappa shape index (κ3) is 7.16. The number of esters is 1. The van der Waals surface area contributed by atoms with Crippen molar-refractivity contribution in [3.05, 3.63) is 35.4 Å². The second kappa shape index (κ2) is 8.94. The van der Waals surface area contributed by atoms with Gasteiger partial charge in [-0.1, -0.05) is 18.1 Å².